The Labute approximate surface area is 116 Å². The van der Waals surface area contributed by atoms with Crippen molar-refractivity contribution in [3.63, 3.8) is 0 Å². The number of amides is 1. The van der Waals surface area contributed by atoms with E-state index in [0.717, 1.165) is 13.1 Å². The lowest BCUT2D eigenvalue weighted by atomic mass is 9.95. The molecule has 1 saturated carbocycles. The number of nitrogens with zero attached hydrogens (tertiary/aromatic N) is 1. The van der Waals surface area contributed by atoms with Gasteiger partial charge in [-0.05, 0) is 33.9 Å². The lowest BCUT2D eigenvalue weighted by molar-refractivity contribution is -0.129. The molecule has 5 nitrogen and oxygen atoms in total. The average Bonchev–Trinajstić information content (AvgIpc) is 2.86. The maximum Gasteiger partial charge on any atom is 0.239 e. The molecule has 1 aliphatic heterocycles. The molecule has 1 saturated heterocycles. The zero-order valence-electron chi connectivity index (χ0n) is 12.4. The molecular formula is C14H27N3O2. The molecule has 0 aromatic rings. The van der Waals surface area contributed by atoms with E-state index in [2.05, 4.69) is 29.6 Å². The molecule has 0 radical (unpaired) electrons. The fourth-order valence-corrected chi connectivity index (χ4v) is 3.20. The van der Waals surface area contributed by atoms with Crippen LogP contribution in [0.2, 0.25) is 0 Å². The molecule has 2 atom stereocenters. The van der Waals surface area contributed by atoms with E-state index in [1.807, 2.05) is 6.92 Å². The van der Waals surface area contributed by atoms with Crippen LogP contribution in [0.1, 0.15) is 32.6 Å². The highest BCUT2D eigenvalue weighted by Crippen LogP contribution is 2.33. The highest BCUT2D eigenvalue weighted by Gasteiger charge is 2.37. The summed E-state index contributed by atoms with van der Waals surface area (Å²) in [6.45, 7) is 4.13. The van der Waals surface area contributed by atoms with Crippen LogP contribution in [0.4, 0.5) is 0 Å². The fraction of sp³-hybridized carbons (Fsp3) is 0.929. The Kier molecular flexibility index (Phi) is 4.81. The lowest BCUT2D eigenvalue weighted by Gasteiger charge is -2.37. The third-order valence-electron chi connectivity index (χ3n) is 4.67. The molecule has 0 aromatic heterocycles. The first-order chi connectivity index (χ1) is 9.05. The third kappa shape index (κ3) is 3.27. The van der Waals surface area contributed by atoms with Gasteiger partial charge in [0, 0.05) is 18.6 Å². The molecule has 0 aromatic carbocycles. The first-order valence-corrected chi connectivity index (χ1v) is 7.35. The molecule has 1 amide bonds. The fourth-order valence-electron chi connectivity index (χ4n) is 3.20. The molecule has 5 heteroatoms. The number of hydrogen-bond acceptors (Lipinski definition) is 4. The van der Waals surface area contributed by atoms with E-state index < -0.39 is 0 Å². The zero-order chi connectivity index (χ0) is 13.9. The first-order valence-electron chi connectivity index (χ1n) is 7.35. The Morgan fingerprint density at radius 3 is 2.68 bits per heavy atom. The molecule has 19 heavy (non-hydrogen) atoms. The van der Waals surface area contributed by atoms with Gasteiger partial charge in [-0.3, -0.25) is 4.79 Å². The van der Waals surface area contributed by atoms with Gasteiger partial charge in [0.05, 0.1) is 12.7 Å². The SMILES string of the molecule is C[C@H]1OCCN[C@@H]1C(=O)NCC1(N(C)C)CCCC1. The standard InChI is InChI=1S/C14H27N3O2/c1-11-12(15-8-9-19-11)13(18)16-10-14(17(2)3)6-4-5-7-14/h11-12,15H,4-10H2,1-3H3,(H,16,18)/t11-,12+/m1/s1. The molecular weight excluding hydrogens is 242 g/mol. The van der Waals surface area contributed by atoms with Crippen LogP contribution in [0.5, 0.6) is 0 Å². The predicted molar refractivity (Wildman–Crippen MR) is 75.1 cm³/mol. The van der Waals surface area contributed by atoms with E-state index in [9.17, 15) is 4.79 Å². The number of carbonyl (C=O) groups excluding carboxylic acids is 1. The minimum Gasteiger partial charge on any atom is -0.375 e. The van der Waals surface area contributed by atoms with Crippen molar-refractivity contribution in [3.8, 4) is 0 Å². The Morgan fingerprint density at radius 2 is 2.11 bits per heavy atom. The van der Waals surface area contributed by atoms with Crippen molar-refractivity contribution in [2.45, 2.75) is 50.3 Å². The van der Waals surface area contributed by atoms with Crippen LogP contribution in [0, 0.1) is 0 Å². The summed E-state index contributed by atoms with van der Waals surface area (Å²) in [4.78, 5) is 14.5. The van der Waals surface area contributed by atoms with Crippen LogP contribution in [0.25, 0.3) is 0 Å². The van der Waals surface area contributed by atoms with Gasteiger partial charge in [0.25, 0.3) is 0 Å². The second-order valence-corrected chi connectivity index (χ2v) is 6.05. The number of morpholine rings is 1. The first kappa shape index (κ1) is 14.8. The summed E-state index contributed by atoms with van der Waals surface area (Å²) in [5.74, 6) is 0.0697. The molecule has 0 unspecified atom stereocenters. The topological polar surface area (TPSA) is 53.6 Å². The van der Waals surface area contributed by atoms with Crippen molar-refractivity contribution in [1.82, 2.24) is 15.5 Å². The Bertz CT molecular complexity index is 314. The van der Waals surface area contributed by atoms with E-state index in [1.54, 1.807) is 0 Å². The third-order valence-corrected chi connectivity index (χ3v) is 4.67. The highest BCUT2D eigenvalue weighted by atomic mass is 16.5. The molecule has 0 bridgehead atoms. The van der Waals surface area contributed by atoms with Gasteiger partial charge in [0.2, 0.25) is 5.91 Å². The molecule has 2 rings (SSSR count). The molecule has 2 N–H and O–H groups in total. The zero-order valence-corrected chi connectivity index (χ0v) is 12.4. The Morgan fingerprint density at radius 1 is 1.42 bits per heavy atom. The maximum absolute atomic E-state index is 12.3. The summed E-state index contributed by atoms with van der Waals surface area (Å²) >= 11 is 0. The molecule has 2 fully saturated rings. The van der Waals surface area contributed by atoms with Crippen LogP contribution >= 0.6 is 0 Å². The Balaban J connectivity index is 1.88. The number of ether oxygens (including phenoxy) is 1. The van der Waals surface area contributed by atoms with Gasteiger partial charge in [0.15, 0.2) is 0 Å². The van der Waals surface area contributed by atoms with Crippen molar-refractivity contribution in [3.05, 3.63) is 0 Å². The summed E-state index contributed by atoms with van der Waals surface area (Å²) in [5, 5.41) is 6.36. The van der Waals surface area contributed by atoms with Crippen molar-refractivity contribution in [2.24, 2.45) is 0 Å². The summed E-state index contributed by atoms with van der Waals surface area (Å²) in [7, 11) is 4.23. The van der Waals surface area contributed by atoms with Gasteiger partial charge in [-0.2, -0.15) is 0 Å². The van der Waals surface area contributed by atoms with Gasteiger partial charge >= 0.3 is 0 Å². The number of likely N-dealkylation sites (N-methyl/N-ethyl adjacent to an activating group) is 1. The molecule has 1 aliphatic carbocycles. The van der Waals surface area contributed by atoms with E-state index in [-0.39, 0.29) is 23.6 Å². The van der Waals surface area contributed by atoms with Crippen molar-refractivity contribution in [2.75, 3.05) is 33.8 Å². The van der Waals surface area contributed by atoms with Gasteiger partial charge in [-0.25, -0.2) is 0 Å². The second-order valence-electron chi connectivity index (χ2n) is 6.05. The molecule has 0 spiro atoms. The van der Waals surface area contributed by atoms with Crippen LogP contribution in [0.15, 0.2) is 0 Å². The van der Waals surface area contributed by atoms with Gasteiger partial charge in [-0.1, -0.05) is 12.8 Å². The Hall–Kier alpha value is -0.650. The summed E-state index contributed by atoms with van der Waals surface area (Å²) in [6.07, 6.45) is 4.81. The van der Waals surface area contributed by atoms with E-state index in [1.165, 1.54) is 25.7 Å². The van der Waals surface area contributed by atoms with E-state index >= 15 is 0 Å². The largest absolute Gasteiger partial charge is 0.375 e. The minimum absolute atomic E-state index is 0.0485. The van der Waals surface area contributed by atoms with E-state index in [0.29, 0.717) is 6.61 Å². The second kappa shape index (κ2) is 6.20. The normalized spacial score (nSPS) is 30.5. The van der Waals surface area contributed by atoms with Gasteiger partial charge in [-0.15, -0.1) is 0 Å². The molecule has 1 heterocycles. The monoisotopic (exact) mass is 269 g/mol. The van der Waals surface area contributed by atoms with Crippen LogP contribution in [0.3, 0.4) is 0 Å². The highest BCUT2D eigenvalue weighted by molar-refractivity contribution is 5.82. The average molecular weight is 269 g/mol. The van der Waals surface area contributed by atoms with Gasteiger partial charge in [0.1, 0.15) is 6.04 Å². The molecule has 110 valence electrons. The summed E-state index contributed by atoms with van der Waals surface area (Å²) in [6, 6.07) is -0.214. The lowest BCUT2D eigenvalue weighted by Crippen LogP contribution is -2.58. The quantitative estimate of drug-likeness (QED) is 0.773. The number of nitrogens with one attached hydrogen (secondary N) is 2. The van der Waals surface area contributed by atoms with Crippen LogP contribution < -0.4 is 10.6 Å². The van der Waals surface area contributed by atoms with Gasteiger partial charge < -0.3 is 20.3 Å². The van der Waals surface area contributed by atoms with Crippen LogP contribution in [-0.4, -0.2) is 62.3 Å². The number of carbonyl (C=O) groups is 1. The van der Waals surface area contributed by atoms with Crippen molar-refractivity contribution >= 4 is 5.91 Å². The summed E-state index contributed by atoms with van der Waals surface area (Å²) < 4.78 is 5.52. The number of hydrogen-bond donors (Lipinski definition) is 2. The van der Waals surface area contributed by atoms with E-state index in [4.69, 9.17) is 4.74 Å². The maximum atomic E-state index is 12.3. The molecule has 2 aliphatic rings. The minimum atomic E-state index is -0.214. The summed E-state index contributed by atoms with van der Waals surface area (Å²) in [5.41, 5.74) is 0.147. The van der Waals surface area contributed by atoms with Crippen molar-refractivity contribution in [1.29, 1.82) is 0 Å². The van der Waals surface area contributed by atoms with Crippen LogP contribution in [-0.2, 0) is 9.53 Å². The predicted octanol–water partition coefficient (Wildman–Crippen LogP) is 0.354. The smallest absolute Gasteiger partial charge is 0.239 e. The number of rotatable bonds is 4. The van der Waals surface area contributed by atoms with Crippen molar-refractivity contribution < 1.29 is 9.53 Å².